The average Bonchev–Trinajstić information content (AvgIpc) is 3.56. The van der Waals surface area contributed by atoms with E-state index in [2.05, 4.69) is 5.32 Å². The summed E-state index contributed by atoms with van der Waals surface area (Å²) < 4.78 is 11.9. The van der Waals surface area contributed by atoms with E-state index in [0.717, 1.165) is 12.8 Å². The second kappa shape index (κ2) is 10.6. The van der Waals surface area contributed by atoms with Crippen LogP contribution >= 0.6 is 11.6 Å². The Morgan fingerprint density at radius 3 is 2.44 bits per heavy atom. The second-order valence-electron chi connectivity index (χ2n) is 9.50. The van der Waals surface area contributed by atoms with Gasteiger partial charge in [0.05, 0.1) is 12.7 Å². The van der Waals surface area contributed by atoms with Crippen LogP contribution in [0.1, 0.15) is 46.4 Å². The minimum Gasteiger partial charge on any atom is -0.376 e. The third-order valence-corrected chi connectivity index (χ3v) is 7.47. The number of hydrogen-bond donors (Lipinski definition) is 1. The Labute approximate surface area is 215 Å². The van der Waals surface area contributed by atoms with E-state index in [4.69, 9.17) is 21.1 Å². The van der Waals surface area contributed by atoms with E-state index in [1.165, 1.54) is 0 Å². The molecule has 3 aliphatic rings. The molecule has 2 aromatic carbocycles. The highest BCUT2D eigenvalue weighted by Gasteiger charge is 2.54. The van der Waals surface area contributed by atoms with Gasteiger partial charge in [-0.05, 0) is 43.2 Å². The van der Waals surface area contributed by atoms with Gasteiger partial charge in [0.1, 0.15) is 11.8 Å². The van der Waals surface area contributed by atoms with Crippen LogP contribution in [-0.2, 0) is 14.3 Å². The minimum atomic E-state index is -0.954. The standard InChI is InChI=1S/C27H30ClN3O5/c28-21-9-4-8-20(16-21)25(33)30-13-11-27(12-14-30)31(26(34)19-6-2-1-3-7-19)23(18-36-27)24(32)29-17-22-10-5-15-35-22/h1-4,6-9,16,22-23H,5,10-15,17-18H2,(H,29,32)/t22-,23+/m0/s1. The zero-order valence-electron chi connectivity index (χ0n) is 20.0. The molecule has 8 nitrogen and oxygen atoms in total. The molecule has 5 rings (SSSR count). The number of benzene rings is 2. The quantitative estimate of drug-likeness (QED) is 0.666. The summed E-state index contributed by atoms with van der Waals surface area (Å²) in [6.07, 6.45) is 2.72. The Morgan fingerprint density at radius 2 is 1.75 bits per heavy atom. The monoisotopic (exact) mass is 511 g/mol. The summed E-state index contributed by atoms with van der Waals surface area (Å²) in [5, 5.41) is 3.47. The summed E-state index contributed by atoms with van der Waals surface area (Å²) in [4.78, 5) is 43.4. The Balaban J connectivity index is 1.33. The number of likely N-dealkylation sites (tertiary alicyclic amines) is 1. The summed E-state index contributed by atoms with van der Waals surface area (Å²) >= 11 is 6.07. The molecule has 0 radical (unpaired) electrons. The number of hydrogen-bond acceptors (Lipinski definition) is 5. The molecule has 2 atom stereocenters. The van der Waals surface area contributed by atoms with Crippen LogP contribution in [0.25, 0.3) is 0 Å². The predicted octanol–water partition coefficient (Wildman–Crippen LogP) is 3.11. The maximum absolute atomic E-state index is 13.7. The van der Waals surface area contributed by atoms with E-state index in [1.54, 1.807) is 58.3 Å². The van der Waals surface area contributed by atoms with Gasteiger partial charge in [-0.1, -0.05) is 35.9 Å². The van der Waals surface area contributed by atoms with E-state index in [-0.39, 0.29) is 30.4 Å². The van der Waals surface area contributed by atoms with Crippen LogP contribution in [0.5, 0.6) is 0 Å². The highest BCUT2D eigenvalue weighted by molar-refractivity contribution is 6.30. The van der Waals surface area contributed by atoms with Crippen LogP contribution in [0.15, 0.2) is 54.6 Å². The largest absolute Gasteiger partial charge is 0.376 e. The van der Waals surface area contributed by atoms with E-state index in [9.17, 15) is 14.4 Å². The molecule has 3 amide bonds. The van der Waals surface area contributed by atoms with E-state index < -0.39 is 11.8 Å². The van der Waals surface area contributed by atoms with Crippen molar-refractivity contribution in [2.45, 2.75) is 43.6 Å². The first-order valence-corrected chi connectivity index (χ1v) is 12.8. The van der Waals surface area contributed by atoms with Crippen LogP contribution in [0, 0.1) is 0 Å². The number of nitrogens with one attached hydrogen (secondary N) is 1. The number of piperidine rings is 1. The van der Waals surface area contributed by atoms with Crippen molar-refractivity contribution < 1.29 is 23.9 Å². The number of nitrogens with zero attached hydrogens (tertiary/aromatic N) is 2. The lowest BCUT2D eigenvalue weighted by Crippen LogP contribution is -2.60. The van der Waals surface area contributed by atoms with Crippen LogP contribution < -0.4 is 5.32 Å². The van der Waals surface area contributed by atoms with Gasteiger partial charge in [-0.25, -0.2) is 0 Å². The van der Waals surface area contributed by atoms with Gasteiger partial charge in [0.25, 0.3) is 11.8 Å². The Kier molecular flexibility index (Phi) is 7.27. The first-order valence-electron chi connectivity index (χ1n) is 12.4. The molecule has 3 aliphatic heterocycles. The molecule has 3 fully saturated rings. The van der Waals surface area contributed by atoms with E-state index >= 15 is 0 Å². The van der Waals surface area contributed by atoms with Crippen molar-refractivity contribution in [1.82, 2.24) is 15.1 Å². The number of amides is 3. The molecule has 0 aliphatic carbocycles. The molecule has 0 unspecified atom stereocenters. The molecule has 0 aromatic heterocycles. The molecule has 1 spiro atoms. The lowest BCUT2D eigenvalue weighted by atomic mass is 9.96. The van der Waals surface area contributed by atoms with Gasteiger partial charge in [0.2, 0.25) is 5.91 Å². The number of halogens is 1. The summed E-state index contributed by atoms with van der Waals surface area (Å²) in [5.41, 5.74) is 0.0651. The van der Waals surface area contributed by atoms with Gasteiger partial charge in [0, 0.05) is 55.2 Å². The smallest absolute Gasteiger partial charge is 0.256 e. The maximum atomic E-state index is 13.7. The molecule has 36 heavy (non-hydrogen) atoms. The lowest BCUT2D eigenvalue weighted by molar-refractivity contribution is -0.128. The molecular formula is C27H30ClN3O5. The fourth-order valence-corrected chi connectivity index (χ4v) is 5.48. The van der Waals surface area contributed by atoms with Crippen molar-refractivity contribution in [1.29, 1.82) is 0 Å². The van der Waals surface area contributed by atoms with Crippen molar-refractivity contribution in [3.05, 3.63) is 70.7 Å². The Bertz CT molecular complexity index is 1110. The van der Waals surface area contributed by atoms with Gasteiger partial charge >= 0.3 is 0 Å². The van der Waals surface area contributed by atoms with E-state index in [0.29, 0.717) is 55.2 Å². The number of carbonyl (C=O) groups is 3. The molecule has 9 heteroatoms. The van der Waals surface area contributed by atoms with Gasteiger partial charge < -0.3 is 19.7 Å². The third-order valence-electron chi connectivity index (χ3n) is 7.23. The van der Waals surface area contributed by atoms with Crippen LogP contribution in [0.4, 0.5) is 0 Å². The summed E-state index contributed by atoms with van der Waals surface area (Å²) in [6, 6.07) is 15.1. The van der Waals surface area contributed by atoms with Crippen LogP contribution in [0.3, 0.4) is 0 Å². The zero-order chi connectivity index (χ0) is 25.1. The van der Waals surface area contributed by atoms with Crippen LogP contribution in [0.2, 0.25) is 5.02 Å². The summed E-state index contributed by atoms with van der Waals surface area (Å²) in [5.74, 6) is -0.610. The third kappa shape index (κ3) is 4.98. The topological polar surface area (TPSA) is 88.2 Å². The van der Waals surface area contributed by atoms with Crippen LogP contribution in [-0.4, -0.2) is 78.2 Å². The van der Waals surface area contributed by atoms with Gasteiger partial charge in [-0.3, -0.25) is 19.3 Å². The molecule has 3 saturated heterocycles. The lowest BCUT2D eigenvalue weighted by Gasteiger charge is -2.44. The van der Waals surface area contributed by atoms with Crippen molar-refractivity contribution in [3.63, 3.8) is 0 Å². The molecule has 0 bridgehead atoms. The Morgan fingerprint density at radius 1 is 1.00 bits per heavy atom. The average molecular weight is 512 g/mol. The fourth-order valence-electron chi connectivity index (χ4n) is 5.29. The molecule has 1 N–H and O–H groups in total. The van der Waals surface area contributed by atoms with Crippen molar-refractivity contribution in [2.24, 2.45) is 0 Å². The van der Waals surface area contributed by atoms with Gasteiger partial charge in [-0.2, -0.15) is 0 Å². The SMILES string of the molecule is O=C(NC[C@@H]1CCCO1)[C@H]1COC2(CCN(C(=O)c3cccc(Cl)c3)CC2)N1C(=O)c1ccccc1. The number of rotatable bonds is 5. The zero-order valence-corrected chi connectivity index (χ0v) is 20.8. The summed E-state index contributed by atoms with van der Waals surface area (Å²) in [6.45, 7) is 2.03. The number of carbonyl (C=O) groups excluding carboxylic acids is 3. The first kappa shape index (κ1) is 24.7. The molecule has 0 saturated carbocycles. The predicted molar refractivity (Wildman–Crippen MR) is 134 cm³/mol. The van der Waals surface area contributed by atoms with Crippen molar-refractivity contribution >= 4 is 29.3 Å². The molecule has 3 heterocycles. The van der Waals surface area contributed by atoms with Crippen molar-refractivity contribution in [2.75, 3.05) is 32.8 Å². The van der Waals surface area contributed by atoms with Crippen molar-refractivity contribution in [3.8, 4) is 0 Å². The van der Waals surface area contributed by atoms with E-state index in [1.807, 2.05) is 6.07 Å². The fraction of sp³-hybridized carbons (Fsp3) is 0.444. The molecular weight excluding hydrogens is 482 g/mol. The van der Waals surface area contributed by atoms with Gasteiger partial charge in [-0.15, -0.1) is 0 Å². The highest BCUT2D eigenvalue weighted by atomic mass is 35.5. The minimum absolute atomic E-state index is 0.00393. The highest BCUT2D eigenvalue weighted by Crippen LogP contribution is 2.39. The molecule has 2 aromatic rings. The normalized spacial score (nSPS) is 23.1. The Hall–Kier alpha value is -2.94. The molecule has 190 valence electrons. The maximum Gasteiger partial charge on any atom is 0.256 e. The number of ether oxygens (including phenoxy) is 2. The first-order chi connectivity index (χ1) is 17.5. The summed E-state index contributed by atoms with van der Waals surface area (Å²) in [7, 11) is 0. The van der Waals surface area contributed by atoms with Gasteiger partial charge in [0.15, 0.2) is 0 Å². The second-order valence-corrected chi connectivity index (χ2v) is 9.93.